The van der Waals surface area contributed by atoms with Gasteiger partial charge in [0.25, 0.3) is 0 Å². The fourth-order valence-corrected chi connectivity index (χ4v) is 3.93. The Bertz CT molecular complexity index is 1020. The summed E-state index contributed by atoms with van der Waals surface area (Å²) in [7, 11) is 1.24. The highest BCUT2D eigenvalue weighted by atomic mass is 16.6. The lowest BCUT2D eigenvalue weighted by Crippen LogP contribution is -2.53. The Balaban J connectivity index is 1.91. The number of hydrogen-bond acceptors (Lipinski definition) is 6. The molecule has 7 heteroatoms. The largest absolute Gasteiger partial charge is 0.467 e. The van der Waals surface area contributed by atoms with Gasteiger partial charge in [0.1, 0.15) is 6.61 Å². The van der Waals surface area contributed by atoms with E-state index in [2.05, 4.69) is 5.32 Å². The zero-order valence-electron chi connectivity index (χ0n) is 18.4. The topological polar surface area (TPSA) is 90.9 Å². The predicted molar refractivity (Wildman–Crippen MR) is 118 cm³/mol. The van der Waals surface area contributed by atoms with Gasteiger partial charge in [-0.25, -0.2) is 14.4 Å². The van der Waals surface area contributed by atoms with Crippen molar-refractivity contribution in [2.24, 2.45) is 0 Å². The van der Waals surface area contributed by atoms with Crippen molar-refractivity contribution in [2.75, 3.05) is 13.7 Å². The molecule has 2 atom stereocenters. The van der Waals surface area contributed by atoms with Crippen molar-refractivity contribution in [1.29, 1.82) is 0 Å². The number of aryl methyl sites for hydroxylation is 1. The Labute approximate surface area is 187 Å². The molecule has 0 fully saturated rings. The number of benzene rings is 2. The SMILES string of the molecule is CCOC(=O)C1=C[C@](NC(=O)OCc2ccccc2)(C(=O)OC)C[C@H]1c1ccccc1C. The molecule has 1 aliphatic rings. The van der Waals surface area contributed by atoms with Gasteiger partial charge in [-0.3, -0.25) is 0 Å². The number of ether oxygens (including phenoxy) is 3. The summed E-state index contributed by atoms with van der Waals surface area (Å²) in [6, 6.07) is 16.8. The van der Waals surface area contributed by atoms with Crippen LogP contribution in [-0.4, -0.2) is 37.3 Å². The first-order chi connectivity index (χ1) is 15.4. The van der Waals surface area contributed by atoms with Crippen LogP contribution in [0.25, 0.3) is 0 Å². The molecule has 0 heterocycles. The van der Waals surface area contributed by atoms with E-state index in [-0.39, 0.29) is 19.6 Å². The van der Waals surface area contributed by atoms with Crippen molar-refractivity contribution in [2.45, 2.75) is 38.3 Å². The van der Waals surface area contributed by atoms with Crippen molar-refractivity contribution >= 4 is 18.0 Å². The Morgan fingerprint density at radius 3 is 2.38 bits per heavy atom. The van der Waals surface area contributed by atoms with Gasteiger partial charge in [-0.15, -0.1) is 0 Å². The van der Waals surface area contributed by atoms with Crippen LogP contribution >= 0.6 is 0 Å². The average Bonchev–Trinajstić information content (AvgIpc) is 3.18. The van der Waals surface area contributed by atoms with Crippen LogP contribution in [0, 0.1) is 6.92 Å². The molecule has 0 spiro atoms. The molecule has 168 valence electrons. The Kier molecular flexibility index (Phi) is 7.30. The highest BCUT2D eigenvalue weighted by molar-refractivity contribution is 5.97. The second-order valence-electron chi connectivity index (χ2n) is 7.58. The number of esters is 2. The third-order valence-corrected chi connectivity index (χ3v) is 5.47. The normalized spacial score (nSPS) is 19.6. The molecule has 0 aliphatic heterocycles. The molecule has 7 nitrogen and oxygen atoms in total. The van der Waals surface area contributed by atoms with Crippen molar-refractivity contribution < 1.29 is 28.6 Å². The number of carbonyl (C=O) groups is 3. The molecule has 2 aromatic carbocycles. The minimum atomic E-state index is -1.56. The van der Waals surface area contributed by atoms with Crippen molar-refractivity contribution in [3.63, 3.8) is 0 Å². The van der Waals surface area contributed by atoms with E-state index in [9.17, 15) is 14.4 Å². The molecule has 0 radical (unpaired) electrons. The molecule has 1 N–H and O–H groups in total. The van der Waals surface area contributed by atoms with Gasteiger partial charge in [0.15, 0.2) is 5.54 Å². The van der Waals surface area contributed by atoms with Crippen molar-refractivity contribution in [1.82, 2.24) is 5.32 Å². The molecule has 0 saturated heterocycles. The van der Waals surface area contributed by atoms with Gasteiger partial charge in [0.2, 0.25) is 0 Å². The number of hydrogen-bond donors (Lipinski definition) is 1. The minimum absolute atomic E-state index is 0.0413. The van der Waals surface area contributed by atoms with E-state index >= 15 is 0 Å². The first kappa shape index (κ1) is 23.1. The van der Waals surface area contributed by atoms with Gasteiger partial charge in [0, 0.05) is 11.5 Å². The third-order valence-electron chi connectivity index (χ3n) is 5.47. The zero-order valence-corrected chi connectivity index (χ0v) is 18.4. The standard InChI is InChI=1S/C25H27NO6/c1-4-31-22(27)21-15-25(23(28)30-3,14-20(21)19-13-9-8-10-17(19)2)26-24(29)32-16-18-11-6-5-7-12-18/h5-13,15,20H,4,14,16H2,1-3H3,(H,26,29)/t20-,25-/m0/s1. The van der Waals surface area contributed by atoms with Crippen molar-refractivity contribution in [3.05, 3.63) is 82.9 Å². The van der Waals surface area contributed by atoms with E-state index in [0.717, 1.165) is 16.7 Å². The molecule has 3 rings (SSSR count). The first-order valence-corrected chi connectivity index (χ1v) is 10.4. The summed E-state index contributed by atoms with van der Waals surface area (Å²) >= 11 is 0. The van der Waals surface area contributed by atoms with Crippen LogP contribution in [0.15, 0.2) is 66.2 Å². The van der Waals surface area contributed by atoms with Gasteiger partial charge >= 0.3 is 18.0 Å². The number of rotatable bonds is 7. The van der Waals surface area contributed by atoms with Gasteiger partial charge in [-0.2, -0.15) is 0 Å². The lowest BCUT2D eigenvalue weighted by molar-refractivity contribution is -0.146. The molecule has 1 amide bonds. The molecule has 0 bridgehead atoms. The highest BCUT2D eigenvalue weighted by Gasteiger charge is 2.50. The van der Waals surface area contributed by atoms with Crippen molar-refractivity contribution in [3.8, 4) is 0 Å². The Hall–Kier alpha value is -3.61. The smallest absolute Gasteiger partial charge is 0.408 e. The lowest BCUT2D eigenvalue weighted by atomic mass is 9.86. The highest BCUT2D eigenvalue weighted by Crippen LogP contribution is 2.43. The lowest BCUT2D eigenvalue weighted by Gasteiger charge is -2.27. The van der Waals surface area contributed by atoms with Gasteiger partial charge in [-0.05, 0) is 43.0 Å². The molecule has 2 aromatic rings. The molecule has 0 aromatic heterocycles. The number of carbonyl (C=O) groups excluding carboxylic acids is 3. The molecular formula is C25H27NO6. The second-order valence-corrected chi connectivity index (χ2v) is 7.58. The van der Waals surface area contributed by atoms with Crippen LogP contribution in [0.1, 0.15) is 36.0 Å². The van der Waals surface area contributed by atoms with Crippen LogP contribution in [-0.2, 0) is 30.4 Å². The maximum atomic E-state index is 12.8. The Morgan fingerprint density at radius 1 is 1.03 bits per heavy atom. The molecule has 32 heavy (non-hydrogen) atoms. The van der Waals surface area contributed by atoms with Crippen LogP contribution < -0.4 is 5.32 Å². The fraction of sp³-hybridized carbons (Fsp3) is 0.320. The van der Waals surface area contributed by atoms with Crippen LogP contribution in [0.5, 0.6) is 0 Å². The number of methoxy groups -OCH3 is 1. The van der Waals surface area contributed by atoms with Crippen LogP contribution in [0.4, 0.5) is 4.79 Å². The number of alkyl carbamates (subject to hydrolysis) is 1. The molecule has 0 saturated carbocycles. The quantitative estimate of drug-likeness (QED) is 0.523. The summed E-state index contributed by atoms with van der Waals surface area (Å²) in [4.78, 5) is 38.2. The Morgan fingerprint density at radius 2 is 1.72 bits per heavy atom. The average molecular weight is 437 g/mol. The van der Waals surface area contributed by atoms with E-state index in [4.69, 9.17) is 14.2 Å². The second kappa shape index (κ2) is 10.1. The van der Waals surface area contributed by atoms with E-state index < -0.39 is 29.5 Å². The van der Waals surface area contributed by atoms with E-state index in [1.165, 1.54) is 13.2 Å². The maximum absolute atomic E-state index is 12.8. The predicted octanol–water partition coefficient (Wildman–Crippen LogP) is 3.81. The summed E-state index contributed by atoms with van der Waals surface area (Å²) in [5.74, 6) is -1.68. The van der Waals surface area contributed by atoms with E-state index in [1.54, 1.807) is 6.92 Å². The first-order valence-electron chi connectivity index (χ1n) is 10.4. The van der Waals surface area contributed by atoms with E-state index in [0.29, 0.717) is 5.57 Å². The summed E-state index contributed by atoms with van der Waals surface area (Å²) in [6.07, 6.45) is 0.765. The molecular weight excluding hydrogens is 410 g/mol. The van der Waals surface area contributed by atoms with Gasteiger partial charge in [-0.1, -0.05) is 54.6 Å². The summed E-state index contributed by atoms with van der Waals surface area (Å²) in [6.45, 7) is 3.87. The molecule has 0 unspecified atom stereocenters. The van der Waals surface area contributed by atoms with Crippen LogP contribution in [0.3, 0.4) is 0 Å². The number of nitrogens with one attached hydrogen (secondary N) is 1. The third kappa shape index (κ3) is 4.99. The molecule has 1 aliphatic carbocycles. The monoisotopic (exact) mass is 437 g/mol. The minimum Gasteiger partial charge on any atom is -0.467 e. The number of amides is 1. The van der Waals surface area contributed by atoms with Gasteiger partial charge in [0.05, 0.1) is 13.7 Å². The van der Waals surface area contributed by atoms with E-state index in [1.807, 2.05) is 61.5 Å². The van der Waals surface area contributed by atoms with Gasteiger partial charge < -0.3 is 19.5 Å². The summed E-state index contributed by atoms with van der Waals surface area (Å²) < 4.78 is 15.5. The van der Waals surface area contributed by atoms with Crippen LogP contribution in [0.2, 0.25) is 0 Å². The summed E-state index contributed by atoms with van der Waals surface area (Å²) in [5, 5.41) is 2.64. The fourth-order valence-electron chi connectivity index (χ4n) is 3.93. The zero-order chi connectivity index (χ0) is 23.1. The summed E-state index contributed by atoms with van der Waals surface area (Å²) in [5.41, 5.74) is 1.38. The maximum Gasteiger partial charge on any atom is 0.408 e.